The van der Waals surface area contributed by atoms with Gasteiger partial charge in [-0.15, -0.1) is 11.3 Å². The van der Waals surface area contributed by atoms with Gasteiger partial charge in [0.2, 0.25) is 0 Å². The number of thiazole rings is 1. The summed E-state index contributed by atoms with van der Waals surface area (Å²) in [6, 6.07) is 0. The van der Waals surface area contributed by atoms with Crippen molar-refractivity contribution in [2.75, 3.05) is 13.1 Å². The number of aromatic nitrogens is 1. The maximum absolute atomic E-state index is 12.0. The summed E-state index contributed by atoms with van der Waals surface area (Å²) in [6.45, 7) is 8.23. The van der Waals surface area contributed by atoms with Crippen LogP contribution in [0, 0.1) is 6.92 Å². The average Bonchev–Trinajstić information content (AvgIpc) is 2.82. The van der Waals surface area contributed by atoms with E-state index in [1.807, 2.05) is 27.7 Å². The number of β-amino-alcohol motifs (C(OH)–C–C–N with tert-alkyl or cyclic N) is 1. The summed E-state index contributed by atoms with van der Waals surface area (Å²) in [5.41, 5.74) is 2.19. The lowest BCUT2D eigenvalue weighted by molar-refractivity contribution is 0.0270. The van der Waals surface area contributed by atoms with Gasteiger partial charge in [-0.05, 0) is 27.7 Å². The SMILES string of the molecule is Cc1ncsc1[C@@H]1CN(C(=O)OC(C)(C)C)C[C@H]1O. The Hall–Kier alpha value is -1.14. The Balaban J connectivity index is 2.06. The molecule has 0 bridgehead atoms. The summed E-state index contributed by atoms with van der Waals surface area (Å²) in [5.74, 6) is -0.0555. The Morgan fingerprint density at radius 3 is 2.74 bits per heavy atom. The quantitative estimate of drug-likeness (QED) is 0.858. The van der Waals surface area contributed by atoms with E-state index in [2.05, 4.69) is 4.98 Å². The summed E-state index contributed by atoms with van der Waals surface area (Å²) in [5, 5.41) is 10.1. The van der Waals surface area contributed by atoms with E-state index in [1.165, 1.54) is 11.3 Å². The van der Waals surface area contributed by atoms with Gasteiger partial charge in [0.25, 0.3) is 0 Å². The predicted molar refractivity (Wildman–Crippen MR) is 73.4 cm³/mol. The van der Waals surface area contributed by atoms with Gasteiger partial charge in [-0.2, -0.15) is 0 Å². The number of likely N-dealkylation sites (tertiary alicyclic amines) is 1. The summed E-state index contributed by atoms with van der Waals surface area (Å²) < 4.78 is 5.33. The largest absolute Gasteiger partial charge is 0.444 e. The van der Waals surface area contributed by atoms with Gasteiger partial charge in [-0.3, -0.25) is 0 Å². The molecule has 0 aliphatic carbocycles. The molecular weight excluding hydrogens is 264 g/mol. The highest BCUT2D eigenvalue weighted by molar-refractivity contribution is 7.09. The molecule has 19 heavy (non-hydrogen) atoms. The van der Waals surface area contributed by atoms with E-state index in [-0.39, 0.29) is 12.0 Å². The van der Waals surface area contributed by atoms with Crippen molar-refractivity contribution in [3.05, 3.63) is 16.1 Å². The summed E-state index contributed by atoms with van der Waals surface area (Å²) in [7, 11) is 0. The van der Waals surface area contributed by atoms with Crippen molar-refractivity contribution in [3.8, 4) is 0 Å². The maximum atomic E-state index is 12.0. The lowest BCUT2D eigenvalue weighted by Crippen LogP contribution is -2.35. The standard InChI is InChI=1S/C13H20N2O3S/c1-8-11(19-7-14-8)9-5-15(6-10(9)16)12(17)18-13(2,3)4/h7,9-10,16H,5-6H2,1-4H3/t9-,10-/m1/s1. The van der Waals surface area contributed by atoms with E-state index in [1.54, 1.807) is 10.4 Å². The van der Waals surface area contributed by atoms with E-state index >= 15 is 0 Å². The Morgan fingerprint density at radius 1 is 1.53 bits per heavy atom. The molecule has 1 aromatic heterocycles. The molecule has 1 amide bonds. The van der Waals surface area contributed by atoms with Gasteiger partial charge in [-0.1, -0.05) is 0 Å². The first-order chi connectivity index (χ1) is 8.78. The third-order valence-electron chi connectivity index (χ3n) is 3.06. The second kappa shape index (κ2) is 5.09. The van der Waals surface area contributed by atoms with Gasteiger partial charge < -0.3 is 14.7 Å². The molecule has 0 unspecified atom stereocenters. The van der Waals surface area contributed by atoms with Crippen LogP contribution in [0.3, 0.4) is 0 Å². The van der Waals surface area contributed by atoms with Crippen LogP contribution in [0.15, 0.2) is 5.51 Å². The van der Waals surface area contributed by atoms with E-state index < -0.39 is 11.7 Å². The number of carbonyl (C=O) groups is 1. The molecule has 106 valence electrons. The Morgan fingerprint density at radius 2 is 2.21 bits per heavy atom. The van der Waals surface area contributed by atoms with Gasteiger partial charge in [-0.25, -0.2) is 9.78 Å². The van der Waals surface area contributed by atoms with Crippen LogP contribution in [0.2, 0.25) is 0 Å². The zero-order valence-electron chi connectivity index (χ0n) is 11.7. The van der Waals surface area contributed by atoms with Crippen LogP contribution in [0.1, 0.15) is 37.3 Å². The first-order valence-electron chi connectivity index (χ1n) is 6.34. The number of ether oxygens (including phenoxy) is 1. The molecule has 2 heterocycles. The van der Waals surface area contributed by atoms with Gasteiger partial charge in [0, 0.05) is 17.3 Å². The first kappa shape index (κ1) is 14.3. The van der Waals surface area contributed by atoms with Crippen LogP contribution in [-0.4, -0.2) is 45.9 Å². The smallest absolute Gasteiger partial charge is 0.410 e. The van der Waals surface area contributed by atoms with Crippen molar-refractivity contribution >= 4 is 17.4 Å². The number of hydrogen-bond donors (Lipinski definition) is 1. The van der Waals surface area contributed by atoms with Gasteiger partial charge >= 0.3 is 6.09 Å². The molecule has 6 heteroatoms. The van der Waals surface area contributed by atoms with Gasteiger partial charge in [0.1, 0.15) is 5.60 Å². The highest BCUT2D eigenvalue weighted by Crippen LogP contribution is 2.32. The third-order valence-corrected chi connectivity index (χ3v) is 4.12. The van der Waals surface area contributed by atoms with Gasteiger partial charge in [0.15, 0.2) is 0 Å². The van der Waals surface area contributed by atoms with Crippen molar-refractivity contribution in [1.82, 2.24) is 9.88 Å². The highest BCUT2D eigenvalue weighted by atomic mass is 32.1. The van der Waals surface area contributed by atoms with Crippen LogP contribution in [0.25, 0.3) is 0 Å². The third kappa shape index (κ3) is 3.25. The topological polar surface area (TPSA) is 62.7 Å². The fourth-order valence-electron chi connectivity index (χ4n) is 2.19. The molecule has 2 atom stereocenters. The van der Waals surface area contributed by atoms with E-state index in [0.717, 1.165) is 10.6 Å². The van der Waals surface area contributed by atoms with Crippen molar-refractivity contribution < 1.29 is 14.6 Å². The normalized spacial score (nSPS) is 23.7. The monoisotopic (exact) mass is 284 g/mol. The molecular formula is C13H20N2O3S. The molecule has 1 aliphatic heterocycles. The van der Waals surface area contributed by atoms with E-state index in [0.29, 0.717) is 13.1 Å². The fourth-order valence-corrected chi connectivity index (χ4v) is 3.14. The number of rotatable bonds is 1. The minimum Gasteiger partial charge on any atom is -0.444 e. The van der Waals surface area contributed by atoms with Crippen LogP contribution in [-0.2, 0) is 4.74 Å². The number of amides is 1. The predicted octanol–water partition coefficient (Wildman–Crippen LogP) is 2.15. The number of carbonyl (C=O) groups excluding carboxylic acids is 1. The molecule has 0 saturated carbocycles. The Kier molecular flexibility index (Phi) is 3.82. The zero-order valence-corrected chi connectivity index (χ0v) is 12.5. The van der Waals surface area contributed by atoms with E-state index in [4.69, 9.17) is 4.74 Å². The molecule has 5 nitrogen and oxygen atoms in total. The average molecular weight is 284 g/mol. The lowest BCUT2D eigenvalue weighted by atomic mass is 10.0. The fraction of sp³-hybridized carbons (Fsp3) is 0.692. The minimum atomic E-state index is -0.549. The Labute approximate surface area is 117 Å². The Bertz CT molecular complexity index is 467. The second-order valence-corrected chi connectivity index (χ2v) is 6.75. The number of aryl methyl sites for hydroxylation is 1. The number of aliphatic hydroxyl groups excluding tert-OH is 1. The minimum absolute atomic E-state index is 0.0555. The number of nitrogens with zero attached hydrogens (tertiary/aromatic N) is 2. The van der Waals surface area contributed by atoms with Crippen molar-refractivity contribution in [1.29, 1.82) is 0 Å². The molecule has 0 radical (unpaired) electrons. The molecule has 1 aromatic rings. The van der Waals surface area contributed by atoms with Crippen LogP contribution in [0.5, 0.6) is 0 Å². The molecule has 1 aliphatic rings. The molecule has 2 rings (SSSR count). The highest BCUT2D eigenvalue weighted by Gasteiger charge is 2.38. The second-order valence-electron chi connectivity index (χ2n) is 5.86. The first-order valence-corrected chi connectivity index (χ1v) is 7.22. The van der Waals surface area contributed by atoms with E-state index in [9.17, 15) is 9.90 Å². The molecule has 1 N–H and O–H groups in total. The van der Waals surface area contributed by atoms with Crippen molar-refractivity contribution in [2.24, 2.45) is 0 Å². The molecule has 0 spiro atoms. The maximum Gasteiger partial charge on any atom is 0.410 e. The summed E-state index contributed by atoms with van der Waals surface area (Å²) in [6.07, 6.45) is -0.914. The van der Waals surface area contributed by atoms with Gasteiger partial charge in [0.05, 0.1) is 23.9 Å². The van der Waals surface area contributed by atoms with Crippen molar-refractivity contribution in [3.63, 3.8) is 0 Å². The molecule has 1 fully saturated rings. The van der Waals surface area contributed by atoms with Crippen LogP contribution >= 0.6 is 11.3 Å². The zero-order chi connectivity index (χ0) is 14.2. The number of hydrogen-bond acceptors (Lipinski definition) is 5. The molecule has 1 saturated heterocycles. The summed E-state index contributed by atoms with van der Waals surface area (Å²) >= 11 is 1.53. The lowest BCUT2D eigenvalue weighted by Gasteiger charge is -2.24. The van der Waals surface area contributed by atoms with Crippen LogP contribution < -0.4 is 0 Å². The summed E-state index contributed by atoms with van der Waals surface area (Å²) in [4.78, 5) is 18.8. The van der Waals surface area contributed by atoms with Crippen molar-refractivity contribution in [2.45, 2.75) is 45.3 Å². The van der Waals surface area contributed by atoms with Crippen LogP contribution in [0.4, 0.5) is 4.79 Å². The number of aliphatic hydroxyl groups is 1. The molecule has 0 aromatic carbocycles.